The van der Waals surface area contributed by atoms with Crippen LogP contribution in [0.4, 0.5) is 0 Å². The standard InChI is InChI=1S/C7H11NO3/c1-8-3-5(6(9)4-8)7(10)11-2/h5H,3-4H2,1-2H3/t5-/m1/s1. The topological polar surface area (TPSA) is 46.6 Å². The smallest absolute Gasteiger partial charge is 0.317 e. The number of Topliss-reactive ketones (excluding diaryl/α,β-unsaturated/α-hetero) is 1. The zero-order valence-corrected chi connectivity index (χ0v) is 6.66. The number of hydrogen-bond donors (Lipinski definition) is 0. The fourth-order valence-corrected chi connectivity index (χ4v) is 1.20. The summed E-state index contributed by atoms with van der Waals surface area (Å²) >= 11 is 0. The van der Waals surface area contributed by atoms with Gasteiger partial charge in [0.05, 0.1) is 13.7 Å². The fraction of sp³-hybridized carbons (Fsp3) is 0.714. The lowest BCUT2D eigenvalue weighted by molar-refractivity contribution is -0.147. The molecule has 0 amide bonds. The van der Waals surface area contributed by atoms with E-state index in [0.717, 1.165) is 0 Å². The molecule has 0 spiro atoms. The number of likely N-dealkylation sites (N-methyl/N-ethyl adjacent to an activating group) is 1. The van der Waals surface area contributed by atoms with Gasteiger partial charge in [-0.05, 0) is 7.05 Å². The molecule has 0 aromatic heterocycles. The molecule has 0 radical (unpaired) electrons. The van der Waals surface area contributed by atoms with Gasteiger partial charge in [0, 0.05) is 6.54 Å². The Kier molecular flexibility index (Phi) is 2.24. The molecule has 0 bridgehead atoms. The van der Waals surface area contributed by atoms with Crippen molar-refractivity contribution in [2.24, 2.45) is 5.92 Å². The average molecular weight is 157 g/mol. The van der Waals surface area contributed by atoms with Crippen molar-refractivity contribution in [3.8, 4) is 0 Å². The molecule has 1 fully saturated rings. The molecule has 62 valence electrons. The van der Waals surface area contributed by atoms with Crippen LogP contribution in [0.5, 0.6) is 0 Å². The van der Waals surface area contributed by atoms with Crippen LogP contribution < -0.4 is 0 Å². The van der Waals surface area contributed by atoms with E-state index in [9.17, 15) is 9.59 Å². The van der Waals surface area contributed by atoms with Crippen LogP contribution >= 0.6 is 0 Å². The molecule has 1 rings (SSSR count). The maximum Gasteiger partial charge on any atom is 0.317 e. The molecule has 1 aliphatic heterocycles. The van der Waals surface area contributed by atoms with Crippen molar-refractivity contribution in [1.29, 1.82) is 0 Å². The Morgan fingerprint density at radius 2 is 2.36 bits per heavy atom. The number of carbonyl (C=O) groups excluding carboxylic acids is 2. The number of nitrogens with zero attached hydrogens (tertiary/aromatic N) is 1. The van der Waals surface area contributed by atoms with Crippen molar-refractivity contribution in [1.82, 2.24) is 4.90 Å². The number of hydrogen-bond acceptors (Lipinski definition) is 4. The van der Waals surface area contributed by atoms with Gasteiger partial charge in [-0.1, -0.05) is 0 Å². The van der Waals surface area contributed by atoms with Gasteiger partial charge < -0.3 is 4.74 Å². The molecule has 1 atom stereocenters. The SMILES string of the molecule is COC(=O)[C@@H]1CN(C)CC1=O. The summed E-state index contributed by atoms with van der Waals surface area (Å²) < 4.78 is 4.47. The van der Waals surface area contributed by atoms with Crippen LogP contribution in [-0.2, 0) is 14.3 Å². The first-order chi connectivity index (χ1) is 5.15. The Morgan fingerprint density at radius 1 is 1.73 bits per heavy atom. The van der Waals surface area contributed by atoms with Crippen LogP contribution in [0.2, 0.25) is 0 Å². The van der Waals surface area contributed by atoms with Crippen LogP contribution in [0.15, 0.2) is 0 Å². The summed E-state index contributed by atoms with van der Waals surface area (Å²) in [4.78, 5) is 23.8. The van der Waals surface area contributed by atoms with E-state index in [2.05, 4.69) is 4.74 Å². The summed E-state index contributed by atoms with van der Waals surface area (Å²) in [6.07, 6.45) is 0. The number of carbonyl (C=O) groups is 2. The Balaban J connectivity index is 2.60. The molecule has 0 aliphatic carbocycles. The summed E-state index contributed by atoms with van der Waals surface area (Å²) in [5, 5.41) is 0. The van der Waals surface area contributed by atoms with Crippen molar-refractivity contribution in [3.63, 3.8) is 0 Å². The van der Waals surface area contributed by atoms with Crippen molar-refractivity contribution in [3.05, 3.63) is 0 Å². The van der Waals surface area contributed by atoms with E-state index in [4.69, 9.17) is 0 Å². The fourth-order valence-electron chi connectivity index (χ4n) is 1.20. The van der Waals surface area contributed by atoms with Gasteiger partial charge in [0.1, 0.15) is 5.92 Å². The normalized spacial score (nSPS) is 25.6. The number of ether oxygens (including phenoxy) is 1. The van der Waals surface area contributed by atoms with Gasteiger partial charge in [0.15, 0.2) is 5.78 Å². The summed E-state index contributed by atoms with van der Waals surface area (Å²) in [5.41, 5.74) is 0. The Morgan fingerprint density at radius 3 is 2.73 bits per heavy atom. The van der Waals surface area contributed by atoms with Gasteiger partial charge in [0.25, 0.3) is 0 Å². The van der Waals surface area contributed by atoms with E-state index < -0.39 is 11.9 Å². The number of rotatable bonds is 1. The minimum atomic E-state index is -0.551. The van der Waals surface area contributed by atoms with Crippen molar-refractivity contribution < 1.29 is 14.3 Å². The van der Waals surface area contributed by atoms with Crippen LogP contribution in [0.1, 0.15) is 0 Å². The van der Waals surface area contributed by atoms with E-state index in [1.54, 1.807) is 7.05 Å². The maximum absolute atomic E-state index is 11.0. The van der Waals surface area contributed by atoms with E-state index >= 15 is 0 Å². The molecule has 4 nitrogen and oxygen atoms in total. The number of esters is 1. The van der Waals surface area contributed by atoms with Crippen LogP contribution in [0.3, 0.4) is 0 Å². The third-order valence-electron chi connectivity index (χ3n) is 1.79. The molecular weight excluding hydrogens is 146 g/mol. The van der Waals surface area contributed by atoms with Gasteiger partial charge in [-0.2, -0.15) is 0 Å². The van der Waals surface area contributed by atoms with Crippen LogP contribution in [0, 0.1) is 5.92 Å². The third-order valence-corrected chi connectivity index (χ3v) is 1.79. The Bertz CT molecular complexity index is 182. The molecule has 4 heteroatoms. The molecule has 0 aromatic carbocycles. The summed E-state index contributed by atoms with van der Waals surface area (Å²) in [7, 11) is 3.11. The second-order valence-corrected chi connectivity index (χ2v) is 2.74. The first kappa shape index (κ1) is 8.20. The number of methoxy groups -OCH3 is 1. The number of likely N-dealkylation sites (tertiary alicyclic amines) is 1. The maximum atomic E-state index is 11.0. The minimum absolute atomic E-state index is 0.0423. The first-order valence-corrected chi connectivity index (χ1v) is 3.44. The Hall–Kier alpha value is -0.900. The molecule has 0 unspecified atom stereocenters. The van der Waals surface area contributed by atoms with E-state index in [1.165, 1.54) is 7.11 Å². The highest BCUT2D eigenvalue weighted by molar-refractivity contribution is 6.01. The van der Waals surface area contributed by atoms with Gasteiger partial charge in [-0.15, -0.1) is 0 Å². The molecule has 11 heavy (non-hydrogen) atoms. The predicted molar refractivity (Wildman–Crippen MR) is 38.0 cm³/mol. The second kappa shape index (κ2) is 3.00. The molecule has 0 saturated carbocycles. The molecule has 0 N–H and O–H groups in total. The minimum Gasteiger partial charge on any atom is -0.468 e. The quantitative estimate of drug-likeness (QED) is 0.372. The predicted octanol–water partition coefficient (Wildman–Crippen LogP) is -0.710. The molecule has 0 aromatic rings. The van der Waals surface area contributed by atoms with Crippen LogP contribution in [-0.4, -0.2) is 43.9 Å². The lowest BCUT2D eigenvalue weighted by Crippen LogP contribution is -2.23. The van der Waals surface area contributed by atoms with Crippen molar-refractivity contribution >= 4 is 11.8 Å². The molecular formula is C7H11NO3. The van der Waals surface area contributed by atoms with Crippen molar-refractivity contribution in [2.45, 2.75) is 0 Å². The summed E-state index contributed by atoms with van der Waals surface area (Å²) in [6, 6.07) is 0. The van der Waals surface area contributed by atoms with Gasteiger partial charge in [-0.3, -0.25) is 14.5 Å². The summed E-state index contributed by atoms with van der Waals surface area (Å²) in [5.74, 6) is -1.01. The molecule has 1 heterocycles. The van der Waals surface area contributed by atoms with Crippen LogP contribution in [0.25, 0.3) is 0 Å². The van der Waals surface area contributed by atoms with Gasteiger partial charge in [0.2, 0.25) is 0 Å². The van der Waals surface area contributed by atoms with E-state index in [0.29, 0.717) is 13.1 Å². The molecule has 1 saturated heterocycles. The average Bonchev–Trinajstić information content (AvgIpc) is 2.28. The highest BCUT2D eigenvalue weighted by atomic mass is 16.5. The second-order valence-electron chi connectivity index (χ2n) is 2.74. The zero-order chi connectivity index (χ0) is 8.43. The van der Waals surface area contributed by atoms with E-state index in [1.807, 2.05) is 4.90 Å². The lowest BCUT2D eigenvalue weighted by Gasteiger charge is -2.05. The Labute approximate surface area is 65.1 Å². The molecule has 1 aliphatic rings. The van der Waals surface area contributed by atoms with Gasteiger partial charge in [-0.25, -0.2) is 0 Å². The number of ketones is 1. The highest BCUT2D eigenvalue weighted by Crippen LogP contribution is 2.11. The van der Waals surface area contributed by atoms with Crippen molar-refractivity contribution in [2.75, 3.05) is 27.2 Å². The first-order valence-electron chi connectivity index (χ1n) is 3.44. The largest absolute Gasteiger partial charge is 0.468 e. The van der Waals surface area contributed by atoms with Gasteiger partial charge >= 0.3 is 5.97 Å². The lowest BCUT2D eigenvalue weighted by atomic mass is 10.1. The monoisotopic (exact) mass is 157 g/mol. The van der Waals surface area contributed by atoms with E-state index in [-0.39, 0.29) is 5.78 Å². The summed E-state index contributed by atoms with van der Waals surface area (Å²) in [6.45, 7) is 0.852. The third kappa shape index (κ3) is 1.57. The highest BCUT2D eigenvalue weighted by Gasteiger charge is 2.34. The zero-order valence-electron chi connectivity index (χ0n) is 6.66.